The number of alkyl halides is 3. The molecule has 0 spiro atoms. The van der Waals surface area contributed by atoms with Gasteiger partial charge in [-0.1, -0.05) is 6.92 Å². The van der Waals surface area contributed by atoms with Crippen LogP contribution in [0.5, 0.6) is 0 Å². The largest absolute Gasteiger partial charge is 0.512 e. The Morgan fingerprint density at radius 3 is 2.81 bits per heavy atom. The van der Waals surface area contributed by atoms with Crippen LogP contribution in [0.15, 0.2) is 24.5 Å². The van der Waals surface area contributed by atoms with Gasteiger partial charge >= 0.3 is 15.5 Å². The Hall–Kier alpha value is -1.85. The van der Waals surface area contributed by atoms with E-state index in [4.69, 9.17) is 0 Å². The molecule has 11 heteroatoms. The number of rotatable bonds is 4. The molecule has 2 aromatic heterocycles. The quantitative estimate of drug-likeness (QED) is 0.834. The lowest BCUT2D eigenvalue weighted by atomic mass is 9.93. The SMILES string of the molecule is C[C@@H]1CCN(NS(=O)(=O)C(F)(F)F)C[C@@H]1N(C)c1ccnc2[nH]ccc12. The second-order valence-electron chi connectivity index (χ2n) is 6.50. The molecule has 0 aromatic carbocycles. The third-order valence-electron chi connectivity index (χ3n) is 4.79. The highest BCUT2D eigenvalue weighted by Gasteiger charge is 2.47. The van der Waals surface area contributed by atoms with Gasteiger partial charge in [-0.15, -0.1) is 4.83 Å². The van der Waals surface area contributed by atoms with Crippen molar-refractivity contribution in [1.29, 1.82) is 0 Å². The smallest absolute Gasteiger partial charge is 0.369 e. The Balaban J connectivity index is 1.81. The number of H-pyrrole nitrogens is 1. The number of anilines is 1. The minimum atomic E-state index is -5.41. The summed E-state index contributed by atoms with van der Waals surface area (Å²) in [4.78, 5) is 10.9. The van der Waals surface area contributed by atoms with Gasteiger partial charge in [0.05, 0.1) is 0 Å². The van der Waals surface area contributed by atoms with Gasteiger partial charge in [-0.3, -0.25) is 0 Å². The van der Waals surface area contributed by atoms with Gasteiger partial charge in [0, 0.05) is 49.6 Å². The lowest BCUT2D eigenvalue weighted by Crippen LogP contribution is -2.57. The first-order valence-corrected chi connectivity index (χ1v) is 9.57. The fourth-order valence-corrected chi connectivity index (χ4v) is 3.90. The van der Waals surface area contributed by atoms with Crippen LogP contribution in [0.3, 0.4) is 0 Å². The molecule has 0 unspecified atom stereocenters. The van der Waals surface area contributed by atoms with Crippen molar-refractivity contribution in [2.24, 2.45) is 5.92 Å². The van der Waals surface area contributed by atoms with E-state index >= 15 is 0 Å². The fourth-order valence-electron chi connectivity index (χ4n) is 3.29. The van der Waals surface area contributed by atoms with Gasteiger partial charge in [-0.2, -0.15) is 13.2 Å². The molecule has 1 aliphatic rings. The monoisotopic (exact) mass is 391 g/mol. The average Bonchev–Trinajstić information content (AvgIpc) is 3.03. The Bertz CT molecular complexity index is 883. The Morgan fingerprint density at radius 1 is 1.38 bits per heavy atom. The highest BCUT2D eigenvalue weighted by molar-refractivity contribution is 7.90. The van der Waals surface area contributed by atoms with Crippen molar-refractivity contribution < 1.29 is 21.6 Å². The van der Waals surface area contributed by atoms with E-state index in [9.17, 15) is 21.6 Å². The number of aromatic amines is 1. The summed E-state index contributed by atoms with van der Waals surface area (Å²) in [6, 6.07) is 3.55. The lowest BCUT2D eigenvalue weighted by Gasteiger charge is -2.42. The standard InChI is InChI=1S/C15H20F3N5O2S/c1-10-5-8-23(21-26(24,25)15(16,17)18)9-13(10)22(2)12-4-7-20-14-11(12)3-6-19-14/h3-4,6-7,10,13,21H,5,8-9H2,1-2H3,(H,19,20)/t10-,13+/m1/s1. The molecule has 1 fully saturated rings. The van der Waals surface area contributed by atoms with Crippen LogP contribution in [0.1, 0.15) is 13.3 Å². The number of piperidine rings is 1. The van der Waals surface area contributed by atoms with E-state index in [2.05, 4.69) is 9.97 Å². The molecule has 1 aliphatic heterocycles. The second-order valence-corrected chi connectivity index (χ2v) is 8.15. The van der Waals surface area contributed by atoms with E-state index in [-0.39, 0.29) is 25.0 Å². The topological polar surface area (TPSA) is 81.3 Å². The van der Waals surface area contributed by atoms with Gasteiger partial charge in [0.15, 0.2) is 0 Å². The normalized spacial score (nSPS) is 22.7. The van der Waals surface area contributed by atoms with Crippen molar-refractivity contribution in [3.8, 4) is 0 Å². The van der Waals surface area contributed by atoms with Crippen molar-refractivity contribution >= 4 is 26.7 Å². The van der Waals surface area contributed by atoms with E-state index in [1.807, 2.05) is 31.0 Å². The molecule has 144 valence electrons. The molecule has 0 saturated carbocycles. The molecule has 1 saturated heterocycles. The first kappa shape index (κ1) is 18.9. The molecule has 0 aliphatic carbocycles. The lowest BCUT2D eigenvalue weighted by molar-refractivity contribution is -0.0477. The zero-order chi connectivity index (χ0) is 19.1. The number of hydrazine groups is 1. The van der Waals surface area contributed by atoms with Gasteiger partial charge in [0.25, 0.3) is 0 Å². The molecule has 7 nitrogen and oxygen atoms in total. The number of aromatic nitrogens is 2. The number of hydrogen-bond acceptors (Lipinski definition) is 5. The molecule has 2 atom stereocenters. The highest BCUT2D eigenvalue weighted by Crippen LogP contribution is 2.30. The number of halogens is 3. The first-order valence-electron chi connectivity index (χ1n) is 8.09. The van der Waals surface area contributed by atoms with Gasteiger partial charge in [-0.05, 0) is 24.5 Å². The predicted molar refractivity (Wildman–Crippen MR) is 91.7 cm³/mol. The number of sulfonamides is 1. The van der Waals surface area contributed by atoms with Gasteiger partial charge in [0.2, 0.25) is 0 Å². The minimum absolute atomic E-state index is 0.140. The van der Waals surface area contributed by atoms with Crippen LogP contribution in [0.4, 0.5) is 18.9 Å². The van der Waals surface area contributed by atoms with Crippen molar-refractivity contribution in [1.82, 2.24) is 19.8 Å². The Morgan fingerprint density at radius 2 is 2.12 bits per heavy atom. The van der Waals surface area contributed by atoms with E-state index in [0.29, 0.717) is 12.1 Å². The van der Waals surface area contributed by atoms with Gasteiger partial charge in [-0.25, -0.2) is 18.4 Å². The third kappa shape index (κ3) is 3.51. The summed E-state index contributed by atoms with van der Waals surface area (Å²) >= 11 is 0. The number of hydrogen-bond donors (Lipinski definition) is 2. The first-order chi connectivity index (χ1) is 12.1. The number of nitrogens with zero attached hydrogens (tertiary/aromatic N) is 3. The van der Waals surface area contributed by atoms with Crippen LogP contribution in [-0.2, 0) is 10.0 Å². The highest BCUT2D eigenvalue weighted by atomic mass is 32.2. The van der Waals surface area contributed by atoms with Crippen LogP contribution in [0.25, 0.3) is 11.0 Å². The molecule has 3 heterocycles. The van der Waals surface area contributed by atoms with E-state index in [1.54, 1.807) is 17.2 Å². The number of pyridine rings is 1. The molecule has 0 radical (unpaired) electrons. The minimum Gasteiger partial charge on any atom is -0.369 e. The maximum absolute atomic E-state index is 12.6. The molecule has 0 bridgehead atoms. The molecule has 26 heavy (non-hydrogen) atoms. The zero-order valence-corrected chi connectivity index (χ0v) is 15.1. The summed E-state index contributed by atoms with van der Waals surface area (Å²) in [5.41, 5.74) is -3.74. The van der Waals surface area contributed by atoms with E-state index in [0.717, 1.165) is 16.1 Å². The van der Waals surface area contributed by atoms with E-state index in [1.165, 1.54) is 0 Å². The summed E-state index contributed by atoms with van der Waals surface area (Å²) < 4.78 is 60.6. The molecule has 0 amide bonds. The molecule has 3 rings (SSSR count). The van der Waals surface area contributed by atoms with Crippen molar-refractivity contribution in [3.05, 3.63) is 24.5 Å². The van der Waals surface area contributed by atoms with Crippen molar-refractivity contribution in [2.45, 2.75) is 24.9 Å². The summed E-state index contributed by atoms with van der Waals surface area (Å²) in [6.07, 6.45) is 3.99. The van der Waals surface area contributed by atoms with Crippen molar-refractivity contribution in [2.75, 3.05) is 25.0 Å². The average molecular weight is 391 g/mol. The summed E-state index contributed by atoms with van der Waals surface area (Å²) in [6.45, 7) is 2.37. The summed E-state index contributed by atoms with van der Waals surface area (Å²) in [5, 5.41) is 2.02. The van der Waals surface area contributed by atoms with Gasteiger partial charge in [0.1, 0.15) is 5.65 Å². The van der Waals surface area contributed by atoms with Crippen LogP contribution in [0, 0.1) is 5.92 Å². The summed E-state index contributed by atoms with van der Waals surface area (Å²) in [7, 11) is -3.56. The molecular weight excluding hydrogens is 371 g/mol. The van der Waals surface area contributed by atoms with Gasteiger partial charge < -0.3 is 9.88 Å². The predicted octanol–water partition coefficient (Wildman–Crippen LogP) is 2.06. The van der Waals surface area contributed by atoms with E-state index < -0.39 is 15.5 Å². The zero-order valence-electron chi connectivity index (χ0n) is 14.3. The number of likely N-dealkylation sites (N-methyl/N-ethyl adjacent to an activating group) is 1. The van der Waals surface area contributed by atoms with Crippen molar-refractivity contribution in [3.63, 3.8) is 0 Å². The molecule has 2 aromatic rings. The van der Waals surface area contributed by atoms with Crippen LogP contribution in [0.2, 0.25) is 0 Å². The van der Waals surface area contributed by atoms with Crippen LogP contribution in [-0.4, -0.2) is 55.1 Å². The second kappa shape index (κ2) is 6.71. The number of fused-ring (bicyclic) bond motifs is 1. The third-order valence-corrected chi connectivity index (χ3v) is 5.90. The van der Waals surface area contributed by atoms with Crippen LogP contribution >= 0.6 is 0 Å². The molecular formula is C15H20F3N5O2S. The maximum Gasteiger partial charge on any atom is 0.512 e. The maximum atomic E-state index is 12.6. The fraction of sp³-hybridized carbons (Fsp3) is 0.533. The Kier molecular flexibility index (Phi) is 4.88. The Labute approximate surface area is 149 Å². The number of nitrogens with one attached hydrogen (secondary N) is 2. The van der Waals surface area contributed by atoms with Crippen LogP contribution < -0.4 is 9.73 Å². The summed E-state index contributed by atoms with van der Waals surface area (Å²) in [5.74, 6) is 0.175. The molecule has 2 N–H and O–H groups in total.